The van der Waals surface area contributed by atoms with Gasteiger partial charge in [0, 0.05) is 12.6 Å². The van der Waals surface area contributed by atoms with E-state index in [9.17, 15) is 8.78 Å². The zero-order chi connectivity index (χ0) is 12.1. The zero-order valence-corrected chi connectivity index (χ0v) is 10.5. The van der Waals surface area contributed by atoms with E-state index >= 15 is 0 Å². The molecule has 0 aromatic rings. The molecule has 0 radical (unpaired) electrons. The third-order valence-electron chi connectivity index (χ3n) is 2.44. The summed E-state index contributed by atoms with van der Waals surface area (Å²) in [6.07, 6.45) is -2.25. The fourth-order valence-corrected chi connectivity index (χ4v) is 1.51. The van der Waals surface area contributed by atoms with Gasteiger partial charge in [-0.1, -0.05) is 27.7 Å². The summed E-state index contributed by atoms with van der Waals surface area (Å²) in [6.45, 7) is 9.76. The molecule has 0 bridgehead atoms. The molecular formula is C11H24F2N2. The highest BCUT2D eigenvalue weighted by atomic mass is 19.3. The van der Waals surface area contributed by atoms with Crippen LogP contribution in [0.2, 0.25) is 0 Å². The van der Waals surface area contributed by atoms with E-state index in [1.807, 2.05) is 6.92 Å². The number of likely N-dealkylation sites (N-methyl/N-ethyl adjacent to an activating group) is 2. The van der Waals surface area contributed by atoms with Gasteiger partial charge in [0.05, 0.1) is 6.54 Å². The van der Waals surface area contributed by atoms with Crippen molar-refractivity contribution in [2.45, 2.75) is 40.2 Å². The molecule has 0 aromatic carbocycles. The van der Waals surface area contributed by atoms with Crippen molar-refractivity contribution >= 4 is 0 Å². The van der Waals surface area contributed by atoms with Crippen LogP contribution < -0.4 is 5.32 Å². The molecule has 92 valence electrons. The molecule has 2 nitrogen and oxygen atoms in total. The summed E-state index contributed by atoms with van der Waals surface area (Å²) >= 11 is 0. The molecule has 0 rings (SSSR count). The SMILES string of the molecule is CCNC(CN(C)CC(F)F)C(C)(C)C. The number of nitrogens with zero attached hydrogens (tertiary/aromatic N) is 1. The van der Waals surface area contributed by atoms with E-state index < -0.39 is 6.43 Å². The summed E-state index contributed by atoms with van der Waals surface area (Å²) in [4.78, 5) is 1.68. The first-order valence-corrected chi connectivity index (χ1v) is 5.47. The smallest absolute Gasteiger partial charge is 0.251 e. The summed E-state index contributed by atoms with van der Waals surface area (Å²) < 4.78 is 24.3. The lowest BCUT2D eigenvalue weighted by Gasteiger charge is -2.34. The lowest BCUT2D eigenvalue weighted by Crippen LogP contribution is -2.48. The van der Waals surface area contributed by atoms with Gasteiger partial charge < -0.3 is 5.32 Å². The molecule has 0 heterocycles. The number of rotatable bonds is 6. The predicted octanol–water partition coefficient (Wildman–Crippen LogP) is 2.21. The van der Waals surface area contributed by atoms with Crippen molar-refractivity contribution in [2.75, 3.05) is 26.7 Å². The standard InChI is InChI=1S/C11H24F2N2/c1-6-14-9(11(2,3)4)7-15(5)8-10(12)13/h9-10,14H,6-8H2,1-5H3. The summed E-state index contributed by atoms with van der Waals surface area (Å²) in [5.74, 6) is 0. The van der Waals surface area contributed by atoms with Crippen molar-refractivity contribution in [3.63, 3.8) is 0 Å². The Balaban J connectivity index is 4.16. The Kier molecular flexibility index (Phi) is 6.29. The first kappa shape index (κ1) is 14.8. The number of nitrogens with one attached hydrogen (secondary N) is 1. The molecule has 0 spiro atoms. The van der Waals surface area contributed by atoms with Crippen LogP contribution in [0.15, 0.2) is 0 Å². The highest BCUT2D eigenvalue weighted by molar-refractivity contribution is 4.82. The Hall–Kier alpha value is -0.220. The van der Waals surface area contributed by atoms with Gasteiger partial charge in [0.2, 0.25) is 0 Å². The molecular weight excluding hydrogens is 198 g/mol. The van der Waals surface area contributed by atoms with Gasteiger partial charge in [0.25, 0.3) is 6.43 Å². The molecule has 0 aliphatic heterocycles. The van der Waals surface area contributed by atoms with E-state index in [0.717, 1.165) is 6.54 Å². The Morgan fingerprint density at radius 1 is 1.20 bits per heavy atom. The minimum Gasteiger partial charge on any atom is -0.312 e. The molecule has 15 heavy (non-hydrogen) atoms. The normalized spacial score (nSPS) is 15.0. The average molecular weight is 222 g/mol. The van der Waals surface area contributed by atoms with Crippen molar-refractivity contribution in [3.8, 4) is 0 Å². The second kappa shape index (κ2) is 6.38. The van der Waals surface area contributed by atoms with Gasteiger partial charge in [0.1, 0.15) is 0 Å². The van der Waals surface area contributed by atoms with Crippen molar-refractivity contribution in [2.24, 2.45) is 5.41 Å². The van der Waals surface area contributed by atoms with Crippen LogP contribution in [0.25, 0.3) is 0 Å². The maximum absolute atomic E-state index is 12.2. The highest BCUT2D eigenvalue weighted by Crippen LogP contribution is 2.19. The van der Waals surface area contributed by atoms with E-state index in [0.29, 0.717) is 6.54 Å². The third-order valence-corrected chi connectivity index (χ3v) is 2.44. The molecule has 0 aliphatic carbocycles. The Labute approximate surface area is 92.0 Å². The summed E-state index contributed by atoms with van der Waals surface area (Å²) in [6, 6.07) is 0.242. The lowest BCUT2D eigenvalue weighted by molar-refractivity contribution is 0.0862. The summed E-state index contributed by atoms with van der Waals surface area (Å²) in [5, 5.41) is 3.34. The fourth-order valence-electron chi connectivity index (χ4n) is 1.51. The average Bonchev–Trinajstić information content (AvgIpc) is 2.00. The van der Waals surface area contributed by atoms with Crippen LogP contribution in [0.1, 0.15) is 27.7 Å². The number of alkyl halides is 2. The molecule has 0 aliphatic rings. The molecule has 0 aromatic heterocycles. The van der Waals surface area contributed by atoms with Crippen molar-refractivity contribution < 1.29 is 8.78 Å². The second-order valence-electron chi connectivity index (χ2n) is 5.09. The van der Waals surface area contributed by atoms with Gasteiger partial charge in [-0.15, -0.1) is 0 Å². The first-order valence-electron chi connectivity index (χ1n) is 5.47. The Morgan fingerprint density at radius 2 is 1.73 bits per heavy atom. The largest absolute Gasteiger partial charge is 0.312 e. The van der Waals surface area contributed by atoms with E-state index in [1.165, 1.54) is 0 Å². The molecule has 4 heteroatoms. The van der Waals surface area contributed by atoms with Crippen molar-refractivity contribution in [1.82, 2.24) is 10.2 Å². The zero-order valence-electron chi connectivity index (χ0n) is 10.5. The number of hydrogen-bond donors (Lipinski definition) is 1. The number of hydrogen-bond acceptors (Lipinski definition) is 2. The van der Waals surface area contributed by atoms with Crippen LogP contribution in [0.4, 0.5) is 8.78 Å². The maximum Gasteiger partial charge on any atom is 0.251 e. The van der Waals surface area contributed by atoms with Crippen LogP contribution in [0.5, 0.6) is 0 Å². The van der Waals surface area contributed by atoms with Crippen molar-refractivity contribution in [3.05, 3.63) is 0 Å². The minimum atomic E-state index is -2.25. The molecule has 1 unspecified atom stereocenters. The third kappa shape index (κ3) is 6.79. The molecule has 1 N–H and O–H groups in total. The first-order chi connectivity index (χ1) is 6.77. The van der Waals surface area contributed by atoms with Gasteiger partial charge in [0.15, 0.2) is 0 Å². The Morgan fingerprint density at radius 3 is 2.07 bits per heavy atom. The highest BCUT2D eigenvalue weighted by Gasteiger charge is 2.25. The summed E-state index contributed by atoms with van der Waals surface area (Å²) in [7, 11) is 1.74. The monoisotopic (exact) mass is 222 g/mol. The van der Waals surface area contributed by atoms with Crippen LogP contribution in [0, 0.1) is 5.41 Å². The van der Waals surface area contributed by atoms with Gasteiger partial charge in [-0.2, -0.15) is 0 Å². The fraction of sp³-hybridized carbons (Fsp3) is 1.00. The van der Waals surface area contributed by atoms with Crippen LogP contribution in [-0.4, -0.2) is 44.0 Å². The van der Waals surface area contributed by atoms with Crippen molar-refractivity contribution in [1.29, 1.82) is 0 Å². The van der Waals surface area contributed by atoms with Gasteiger partial charge in [-0.3, -0.25) is 4.90 Å². The molecule has 1 atom stereocenters. The molecule has 0 fully saturated rings. The van der Waals surface area contributed by atoms with Gasteiger partial charge >= 0.3 is 0 Å². The molecule has 0 amide bonds. The van der Waals surface area contributed by atoms with Crippen LogP contribution >= 0.6 is 0 Å². The van der Waals surface area contributed by atoms with E-state index in [4.69, 9.17) is 0 Å². The van der Waals surface area contributed by atoms with Crippen LogP contribution in [-0.2, 0) is 0 Å². The van der Waals surface area contributed by atoms with E-state index in [-0.39, 0.29) is 18.0 Å². The van der Waals surface area contributed by atoms with Gasteiger partial charge in [-0.05, 0) is 19.0 Å². The minimum absolute atomic E-state index is 0.0897. The van der Waals surface area contributed by atoms with Gasteiger partial charge in [-0.25, -0.2) is 8.78 Å². The Bertz CT molecular complexity index is 166. The number of halogens is 2. The second-order valence-corrected chi connectivity index (χ2v) is 5.09. The quantitative estimate of drug-likeness (QED) is 0.741. The molecule has 0 saturated heterocycles. The lowest BCUT2D eigenvalue weighted by atomic mass is 9.86. The predicted molar refractivity (Wildman–Crippen MR) is 60.4 cm³/mol. The van der Waals surface area contributed by atoms with E-state index in [1.54, 1.807) is 11.9 Å². The molecule has 0 saturated carbocycles. The maximum atomic E-state index is 12.2. The topological polar surface area (TPSA) is 15.3 Å². The van der Waals surface area contributed by atoms with E-state index in [2.05, 4.69) is 26.1 Å². The summed E-state index contributed by atoms with van der Waals surface area (Å²) in [5.41, 5.74) is 0.0897. The van der Waals surface area contributed by atoms with Crippen LogP contribution in [0.3, 0.4) is 0 Å².